The highest BCUT2D eigenvalue weighted by molar-refractivity contribution is 5.74. The number of nitro groups is 1. The van der Waals surface area contributed by atoms with Gasteiger partial charge in [-0.3, -0.25) is 9.36 Å². The van der Waals surface area contributed by atoms with Crippen molar-refractivity contribution < 1.29 is 14.8 Å². The standard InChI is InChI=1S/C10H14N4O4/c1-4-5-13(6-8(15)16)10-9(14(17)18)11-7(2)12(10)3/h4H,1,5-6H2,2-3H3,(H,15,16). The van der Waals surface area contributed by atoms with Crippen molar-refractivity contribution in [3.8, 4) is 0 Å². The monoisotopic (exact) mass is 254 g/mol. The number of carbonyl (C=O) groups is 1. The molecule has 0 amide bonds. The quantitative estimate of drug-likeness (QED) is 0.456. The molecule has 18 heavy (non-hydrogen) atoms. The average Bonchev–Trinajstić information content (AvgIpc) is 2.55. The zero-order valence-corrected chi connectivity index (χ0v) is 10.2. The molecule has 0 aliphatic heterocycles. The van der Waals surface area contributed by atoms with Crippen molar-refractivity contribution in [3.05, 3.63) is 28.6 Å². The SMILES string of the molecule is C=CCN(CC(=O)O)c1c([N+](=O)[O-])nc(C)n1C. The van der Waals surface area contributed by atoms with Gasteiger partial charge in [0, 0.05) is 20.5 Å². The molecule has 0 aromatic carbocycles. The van der Waals surface area contributed by atoms with Crippen LogP contribution < -0.4 is 4.90 Å². The van der Waals surface area contributed by atoms with Crippen LogP contribution in [0.25, 0.3) is 0 Å². The number of aryl methyl sites for hydroxylation is 1. The Morgan fingerprint density at radius 2 is 2.33 bits per heavy atom. The van der Waals surface area contributed by atoms with Gasteiger partial charge in [-0.15, -0.1) is 6.58 Å². The number of aromatic nitrogens is 2. The maximum atomic E-state index is 10.9. The fraction of sp³-hybridized carbons (Fsp3) is 0.400. The number of anilines is 1. The van der Waals surface area contributed by atoms with E-state index in [2.05, 4.69) is 11.6 Å². The third-order valence-electron chi connectivity index (χ3n) is 2.42. The van der Waals surface area contributed by atoms with Gasteiger partial charge < -0.3 is 20.1 Å². The number of carboxylic acids is 1. The lowest BCUT2D eigenvalue weighted by Gasteiger charge is -2.20. The molecule has 0 atom stereocenters. The molecule has 0 radical (unpaired) electrons. The van der Waals surface area contributed by atoms with Gasteiger partial charge in [-0.25, -0.2) is 0 Å². The Hall–Kier alpha value is -2.38. The number of rotatable bonds is 6. The van der Waals surface area contributed by atoms with E-state index in [-0.39, 0.29) is 24.7 Å². The number of hydrogen-bond donors (Lipinski definition) is 1. The zero-order valence-electron chi connectivity index (χ0n) is 10.2. The lowest BCUT2D eigenvalue weighted by Crippen LogP contribution is -2.31. The van der Waals surface area contributed by atoms with E-state index >= 15 is 0 Å². The van der Waals surface area contributed by atoms with Gasteiger partial charge in [-0.1, -0.05) is 6.08 Å². The van der Waals surface area contributed by atoms with Crippen LogP contribution in [0.15, 0.2) is 12.7 Å². The summed E-state index contributed by atoms with van der Waals surface area (Å²) in [5, 5.41) is 19.7. The number of imidazole rings is 1. The maximum absolute atomic E-state index is 10.9. The average molecular weight is 254 g/mol. The molecule has 0 saturated heterocycles. The Morgan fingerprint density at radius 3 is 2.78 bits per heavy atom. The second-order valence-electron chi connectivity index (χ2n) is 3.69. The number of aliphatic carboxylic acids is 1. The highest BCUT2D eigenvalue weighted by Crippen LogP contribution is 2.27. The zero-order chi connectivity index (χ0) is 13.9. The van der Waals surface area contributed by atoms with Crippen molar-refractivity contribution in [2.75, 3.05) is 18.0 Å². The highest BCUT2D eigenvalue weighted by atomic mass is 16.6. The van der Waals surface area contributed by atoms with Crippen LogP contribution in [0.3, 0.4) is 0 Å². The van der Waals surface area contributed by atoms with Gasteiger partial charge in [-0.05, 0) is 9.91 Å². The molecule has 0 spiro atoms. The van der Waals surface area contributed by atoms with Crippen molar-refractivity contribution in [2.24, 2.45) is 7.05 Å². The van der Waals surface area contributed by atoms with Crippen LogP contribution in [-0.2, 0) is 11.8 Å². The minimum atomic E-state index is -1.08. The summed E-state index contributed by atoms with van der Waals surface area (Å²) >= 11 is 0. The van der Waals surface area contributed by atoms with Gasteiger partial charge >= 0.3 is 11.8 Å². The van der Waals surface area contributed by atoms with Crippen LogP contribution in [0.4, 0.5) is 11.6 Å². The first-order valence-corrected chi connectivity index (χ1v) is 5.13. The van der Waals surface area contributed by atoms with E-state index in [4.69, 9.17) is 5.11 Å². The molecule has 0 aliphatic carbocycles. The van der Waals surface area contributed by atoms with Crippen molar-refractivity contribution in [3.63, 3.8) is 0 Å². The normalized spacial score (nSPS) is 10.1. The van der Waals surface area contributed by atoms with E-state index in [1.165, 1.54) is 15.5 Å². The summed E-state index contributed by atoms with van der Waals surface area (Å²) in [5.41, 5.74) is 0. The summed E-state index contributed by atoms with van der Waals surface area (Å²) in [5.74, 6) is -0.820. The van der Waals surface area contributed by atoms with Crippen LogP contribution in [0.2, 0.25) is 0 Å². The van der Waals surface area contributed by atoms with Gasteiger partial charge in [0.25, 0.3) is 0 Å². The molecule has 8 heteroatoms. The molecule has 0 aliphatic rings. The van der Waals surface area contributed by atoms with Crippen LogP contribution in [0, 0.1) is 17.0 Å². The van der Waals surface area contributed by atoms with Crippen LogP contribution in [0.5, 0.6) is 0 Å². The molecule has 1 rings (SSSR count). The van der Waals surface area contributed by atoms with Crippen LogP contribution >= 0.6 is 0 Å². The summed E-state index contributed by atoms with van der Waals surface area (Å²) < 4.78 is 1.49. The first kappa shape index (κ1) is 13.7. The van der Waals surface area contributed by atoms with E-state index in [1.807, 2.05) is 0 Å². The van der Waals surface area contributed by atoms with E-state index < -0.39 is 10.9 Å². The third kappa shape index (κ3) is 2.65. The lowest BCUT2D eigenvalue weighted by molar-refractivity contribution is -0.388. The van der Waals surface area contributed by atoms with Gasteiger partial charge in [0.1, 0.15) is 6.54 Å². The molecule has 1 N–H and O–H groups in total. The number of carboxylic acid groups (broad SMARTS) is 1. The molecule has 1 aromatic rings. The second-order valence-corrected chi connectivity index (χ2v) is 3.69. The lowest BCUT2D eigenvalue weighted by atomic mass is 10.4. The van der Waals surface area contributed by atoms with Crippen molar-refractivity contribution in [2.45, 2.75) is 6.92 Å². The van der Waals surface area contributed by atoms with E-state index in [1.54, 1.807) is 14.0 Å². The summed E-state index contributed by atoms with van der Waals surface area (Å²) in [6.45, 7) is 4.96. The van der Waals surface area contributed by atoms with Gasteiger partial charge in [0.2, 0.25) is 11.6 Å². The second kappa shape index (κ2) is 5.30. The van der Waals surface area contributed by atoms with E-state index in [9.17, 15) is 14.9 Å². The molecule has 0 fully saturated rings. The Bertz CT molecular complexity index is 494. The Morgan fingerprint density at radius 1 is 1.72 bits per heavy atom. The van der Waals surface area contributed by atoms with Gasteiger partial charge in [0.05, 0.1) is 0 Å². The Kier molecular flexibility index (Phi) is 4.03. The molecule has 0 bridgehead atoms. The van der Waals surface area contributed by atoms with Gasteiger partial charge in [0.15, 0.2) is 0 Å². The predicted octanol–water partition coefficient (Wildman–Crippen LogP) is 0.714. The fourth-order valence-electron chi connectivity index (χ4n) is 1.60. The van der Waals surface area contributed by atoms with Gasteiger partial charge in [-0.2, -0.15) is 0 Å². The molecule has 1 aromatic heterocycles. The first-order chi connectivity index (χ1) is 8.38. The van der Waals surface area contributed by atoms with E-state index in [0.29, 0.717) is 5.82 Å². The summed E-state index contributed by atoms with van der Waals surface area (Å²) in [7, 11) is 1.60. The summed E-state index contributed by atoms with van der Waals surface area (Å²) in [6.07, 6.45) is 1.48. The van der Waals surface area contributed by atoms with Crippen molar-refractivity contribution >= 4 is 17.6 Å². The minimum absolute atomic E-state index is 0.166. The molecule has 1 heterocycles. The van der Waals surface area contributed by atoms with Crippen LogP contribution in [0.1, 0.15) is 5.82 Å². The molecule has 0 saturated carbocycles. The van der Waals surface area contributed by atoms with Crippen molar-refractivity contribution in [1.29, 1.82) is 0 Å². The molecule has 98 valence electrons. The summed E-state index contributed by atoms with van der Waals surface area (Å²) in [4.78, 5) is 26.2. The maximum Gasteiger partial charge on any atom is 0.406 e. The largest absolute Gasteiger partial charge is 0.480 e. The Labute approximate surface area is 103 Å². The first-order valence-electron chi connectivity index (χ1n) is 5.13. The predicted molar refractivity (Wildman–Crippen MR) is 64.6 cm³/mol. The molecule has 0 unspecified atom stereocenters. The Balaban J connectivity index is 3.29. The summed E-state index contributed by atoms with van der Waals surface area (Å²) in [6, 6.07) is 0. The third-order valence-corrected chi connectivity index (χ3v) is 2.42. The van der Waals surface area contributed by atoms with Crippen LogP contribution in [-0.4, -0.2) is 38.6 Å². The highest BCUT2D eigenvalue weighted by Gasteiger charge is 2.28. The smallest absolute Gasteiger partial charge is 0.406 e. The topological polar surface area (TPSA) is 102 Å². The molecular formula is C10H14N4O4. The number of nitrogens with zero attached hydrogens (tertiary/aromatic N) is 4. The minimum Gasteiger partial charge on any atom is -0.480 e. The van der Waals surface area contributed by atoms with E-state index in [0.717, 1.165) is 0 Å². The van der Waals surface area contributed by atoms with Crippen molar-refractivity contribution in [1.82, 2.24) is 9.55 Å². The molecule has 8 nitrogen and oxygen atoms in total. The number of hydrogen-bond acceptors (Lipinski definition) is 5. The molecular weight excluding hydrogens is 240 g/mol. The fourth-order valence-corrected chi connectivity index (χ4v) is 1.60.